The highest BCUT2D eigenvalue weighted by molar-refractivity contribution is 6.30. The lowest BCUT2D eigenvalue weighted by molar-refractivity contribution is -0.116. The fourth-order valence-corrected chi connectivity index (χ4v) is 2.73. The Morgan fingerprint density at radius 2 is 2.00 bits per heavy atom. The minimum atomic E-state index is -0.0396. The van der Waals surface area contributed by atoms with Crippen LogP contribution in [-0.2, 0) is 4.79 Å². The number of benzene rings is 1. The Bertz CT molecular complexity index is 490. The summed E-state index contributed by atoms with van der Waals surface area (Å²) in [5.41, 5.74) is 0.974. The van der Waals surface area contributed by atoms with Crippen LogP contribution in [0.15, 0.2) is 30.3 Å². The largest absolute Gasteiger partial charge is 0.353 e. The second-order valence-corrected chi connectivity index (χ2v) is 6.49. The Balaban J connectivity index is 1.60. The van der Waals surface area contributed by atoms with Crippen LogP contribution in [0.5, 0.6) is 0 Å². The number of nitrogens with zero attached hydrogens (tertiary/aromatic N) is 1. The molecule has 0 bridgehead atoms. The van der Waals surface area contributed by atoms with Crippen LogP contribution in [0.25, 0.3) is 6.08 Å². The van der Waals surface area contributed by atoms with E-state index < -0.39 is 0 Å². The van der Waals surface area contributed by atoms with Gasteiger partial charge in [0.15, 0.2) is 0 Å². The van der Waals surface area contributed by atoms with Crippen molar-refractivity contribution < 1.29 is 4.79 Å². The Morgan fingerprint density at radius 1 is 1.32 bits per heavy atom. The Kier molecular flexibility index (Phi) is 6.94. The first kappa shape index (κ1) is 17.0. The second-order valence-electron chi connectivity index (χ2n) is 6.05. The number of carbonyl (C=O) groups excluding carboxylic acids is 1. The molecule has 3 nitrogen and oxygen atoms in total. The van der Waals surface area contributed by atoms with E-state index in [1.165, 1.54) is 25.9 Å². The van der Waals surface area contributed by atoms with Crippen LogP contribution >= 0.6 is 11.6 Å². The first-order valence-electron chi connectivity index (χ1n) is 8.07. The fraction of sp³-hybridized carbons (Fsp3) is 0.500. The zero-order valence-electron chi connectivity index (χ0n) is 13.2. The van der Waals surface area contributed by atoms with Gasteiger partial charge in [0, 0.05) is 17.6 Å². The predicted octanol–water partition coefficient (Wildman–Crippen LogP) is 3.59. The quantitative estimate of drug-likeness (QED) is 0.641. The van der Waals surface area contributed by atoms with E-state index in [1.807, 2.05) is 24.3 Å². The third-order valence-electron chi connectivity index (χ3n) is 4.12. The third-order valence-corrected chi connectivity index (χ3v) is 4.38. The van der Waals surface area contributed by atoms with Crippen molar-refractivity contribution >= 4 is 23.6 Å². The van der Waals surface area contributed by atoms with E-state index in [9.17, 15) is 4.79 Å². The van der Waals surface area contributed by atoms with E-state index >= 15 is 0 Å². The Labute approximate surface area is 138 Å². The highest BCUT2D eigenvalue weighted by Gasteiger charge is 2.14. The summed E-state index contributed by atoms with van der Waals surface area (Å²) >= 11 is 5.82. The molecule has 1 amide bonds. The first-order valence-corrected chi connectivity index (χ1v) is 8.45. The van der Waals surface area contributed by atoms with Crippen molar-refractivity contribution in [2.24, 2.45) is 5.92 Å². The molecule has 0 unspecified atom stereocenters. The number of halogens is 1. The number of rotatable bonds is 6. The van der Waals surface area contributed by atoms with E-state index in [0.29, 0.717) is 5.02 Å². The molecule has 22 heavy (non-hydrogen) atoms. The van der Waals surface area contributed by atoms with Crippen LogP contribution in [0.2, 0.25) is 5.02 Å². The summed E-state index contributed by atoms with van der Waals surface area (Å²) in [5.74, 6) is 0.830. The highest BCUT2D eigenvalue weighted by atomic mass is 35.5. The third kappa shape index (κ3) is 6.20. The zero-order chi connectivity index (χ0) is 15.8. The minimum Gasteiger partial charge on any atom is -0.353 e. The molecule has 1 aliphatic rings. The van der Waals surface area contributed by atoms with E-state index in [1.54, 1.807) is 12.2 Å². The summed E-state index contributed by atoms with van der Waals surface area (Å²) < 4.78 is 0. The molecule has 0 saturated carbocycles. The summed E-state index contributed by atoms with van der Waals surface area (Å²) in [6.07, 6.45) is 6.99. The summed E-state index contributed by atoms with van der Waals surface area (Å²) in [4.78, 5) is 14.2. The maximum Gasteiger partial charge on any atom is 0.243 e. The molecular weight excluding hydrogens is 296 g/mol. The van der Waals surface area contributed by atoms with Crippen molar-refractivity contribution in [1.82, 2.24) is 10.2 Å². The van der Waals surface area contributed by atoms with E-state index in [-0.39, 0.29) is 5.91 Å². The smallest absolute Gasteiger partial charge is 0.243 e. The van der Waals surface area contributed by atoms with Crippen molar-refractivity contribution in [2.45, 2.75) is 26.2 Å². The SMILES string of the molecule is CC1CCN(CCCNC(=O)/C=C/c2ccc(Cl)cc2)CC1. The minimum absolute atomic E-state index is 0.0396. The van der Waals surface area contributed by atoms with Crippen LogP contribution in [0, 0.1) is 5.92 Å². The molecule has 1 aliphatic heterocycles. The molecular formula is C18H25ClN2O. The molecule has 1 saturated heterocycles. The van der Waals surface area contributed by atoms with Crippen LogP contribution in [0.4, 0.5) is 0 Å². The molecule has 2 rings (SSSR count). The summed E-state index contributed by atoms with van der Waals surface area (Å²) in [5, 5.41) is 3.64. The number of piperidine rings is 1. The fourth-order valence-electron chi connectivity index (χ4n) is 2.60. The van der Waals surface area contributed by atoms with Gasteiger partial charge in [-0.3, -0.25) is 4.79 Å². The predicted molar refractivity (Wildman–Crippen MR) is 93.0 cm³/mol. The summed E-state index contributed by atoms with van der Waals surface area (Å²) in [6, 6.07) is 7.42. The van der Waals surface area contributed by atoms with Crippen molar-refractivity contribution in [3.63, 3.8) is 0 Å². The second kappa shape index (κ2) is 8.96. The number of likely N-dealkylation sites (tertiary alicyclic amines) is 1. The van der Waals surface area contributed by atoms with Gasteiger partial charge in [0.1, 0.15) is 0 Å². The molecule has 4 heteroatoms. The molecule has 0 radical (unpaired) electrons. The van der Waals surface area contributed by atoms with Gasteiger partial charge >= 0.3 is 0 Å². The van der Waals surface area contributed by atoms with Gasteiger partial charge in [0.05, 0.1) is 0 Å². The maximum absolute atomic E-state index is 11.7. The lowest BCUT2D eigenvalue weighted by Crippen LogP contribution is -2.35. The molecule has 1 aromatic carbocycles. The number of hydrogen-bond donors (Lipinski definition) is 1. The number of carbonyl (C=O) groups is 1. The highest BCUT2D eigenvalue weighted by Crippen LogP contribution is 2.15. The van der Waals surface area contributed by atoms with Crippen LogP contribution in [0.3, 0.4) is 0 Å². The van der Waals surface area contributed by atoms with Gasteiger partial charge in [-0.1, -0.05) is 30.7 Å². The molecule has 0 aromatic heterocycles. The van der Waals surface area contributed by atoms with Crippen LogP contribution < -0.4 is 5.32 Å². The van der Waals surface area contributed by atoms with Gasteiger partial charge in [-0.25, -0.2) is 0 Å². The normalized spacial score (nSPS) is 17.0. The summed E-state index contributed by atoms with van der Waals surface area (Å²) in [7, 11) is 0. The van der Waals surface area contributed by atoms with Gasteiger partial charge in [0.2, 0.25) is 5.91 Å². The molecule has 1 fully saturated rings. The van der Waals surface area contributed by atoms with Gasteiger partial charge in [-0.05, 0) is 68.6 Å². The van der Waals surface area contributed by atoms with E-state index in [0.717, 1.165) is 31.0 Å². The van der Waals surface area contributed by atoms with Crippen LogP contribution in [0.1, 0.15) is 31.7 Å². The molecule has 120 valence electrons. The van der Waals surface area contributed by atoms with Gasteiger partial charge in [-0.2, -0.15) is 0 Å². The molecule has 1 heterocycles. The van der Waals surface area contributed by atoms with Crippen LogP contribution in [-0.4, -0.2) is 37.0 Å². The average molecular weight is 321 g/mol. The number of hydrogen-bond acceptors (Lipinski definition) is 2. The van der Waals surface area contributed by atoms with Gasteiger partial charge < -0.3 is 10.2 Å². The monoisotopic (exact) mass is 320 g/mol. The van der Waals surface area contributed by atoms with Gasteiger partial charge in [0.25, 0.3) is 0 Å². The molecule has 1 aromatic rings. The van der Waals surface area contributed by atoms with E-state index in [4.69, 9.17) is 11.6 Å². The Hall–Kier alpha value is -1.32. The van der Waals surface area contributed by atoms with Gasteiger partial charge in [-0.15, -0.1) is 0 Å². The molecule has 0 aliphatic carbocycles. The lowest BCUT2D eigenvalue weighted by Gasteiger charge is -2.30. The van der Waals surface area contributed by atoms with Crippen molar-refractivity contribution in [2.75, 3.05) is 26.2 Å². The van der Waals surface area contributed by atoms with E-state index in [2.05, 4.69) is 17.1 Å². The number of nitrogens with one attached hydrogen (secondary N) is 1. The zero-order valence-corrected chi connectivity index (χ0v) is 14.0. The van der Waals surface area contributed by atoms with Crippen molar-refractivity contribution in [3.8, 4) is 0 Å². The topological polar surface area (TPSA) is 32.3 Å². The molecule has 1 N–H and O–H groups in total. The average Bonchev–Trinajstić information content (AvgIpc) is 2.53. The van der Waals surface area contributed by atoms with Crippen molar-refractivity contribution in [3.05, 3.63) is 40.9 Å². The lowest BCUT2D eigenvalue weighted by atomic mass is 9.99. The molecule has 0 atom stereocenters. The van der Waals surface area contributed by atoms with Crippen molar-refractivity contribution in [1.29, 1.82) is 0 Å². The first-order chi connectivity index (χ1) is 10.6. The number of amides is 1. The Morgan fingerprint density at radius 3 is 2.68 bits per heavy atom. The maximum atomic E-state index is 11.7. The molecule has 0 spiro atoms. The standard InChI is InChI=1S/C18H25ClN2O/c1-15-9-13-21(14-10-15)12-2-11-20-18(22)8-5-16-3-6-17(19)7-4-16/h3-8,15H,2,9-14H2,1H3,(H,20,22)/b8-5+. The summed E-state index contributed by atoms with van der Waals surface area (Å²) in [6.45, 7) is 6.53.